The first kappa shape index (κ1) is 25.1. The fourth-order valence-electron chi connectivity index (χ4n) is 5.88. The van der Waals surface area contributed by atoms with E-state index in [1.165, 1.54) is 18.2 Å². The van der Waals surface area contributed by atoms with Crippen LogP contribution in [0.25, 0.3) is 10.9 Å². The lowest BCUT2D eigenvalue weighted by molar-refractivity contribution is -0.144. The van der Waals surface area contributed by atoms with Gasteiger partial charge in [-0.3, -0.25) is 9.69 Å². The molecule has 6 rings (SSSR count). The molecule has 0 bridgehead atoms. The second-order valence-corrected chi connectivity index (χ2v) is 10.7. The third-order valence-electron chi connectivity index (χ3n) is 7.81. The minimum absolute atomic E-state index is 0.0203. The van der Waals surface area contributed by atoms with E-state index >= 15 is 0 Å². The van der Waals surface area contributed by atoms with Gasteiger partial charge in [-0.05, 0) is 42.0 Å². The largest absolute Gasteiger partial charge is 0.487 e. The first-order valence-electron chi connectivity index (χ1n) is 12.3. The van der Waals surface area contributed by atoms with Crippen molar-refractivity contribution in [1.82, 2.24) is 14.9 Å². The highest BCUT2D eigenvalue weighted by molar-refractivity contribution is 6.30. The van der Waals surface area contributed by atoms with Crippen LogP contribution in [0.4, 0.5) is 19.0 Å². The minimum Gasteiger partial charge on any atom is -0.487 e. The van der Waals surface area contributed by atoms with E-state index in [4.69, 9.17) is 22.1 Å². The van der Waals surface area contributed by atoms with Crippen LogP contribution in [-0.2, 0) is 12.6 Å². The number of carbonyl (C=O) groups is 1. The van der Waals surface area contributed by atoms with Crippen LogP contribution >= 0.6 is 11.6 Å². The first-order chi connectivity index (χ1) is 18.0. The molecule has 1 spiro atoms. The molecule has 12 heteroatoms. The minimum atomic E-state index is -4.76. The van der Waals surface area contributed by atoms with Crippen LogP contribution in [0.3, 0.4) is 0 Å². The van der Waals surface area contributed by atoms with E-state index in [0.29, 0.717) is 18.1 Å². The zero-order valence-corrected chi connectivity index (χ0v) is 21.0. The molecule has 3 aliphatic rings. The molecular formula is C26H25ClF3N5O3. The molecular weight excluding hydrogens is 523 g/mol. The predicted octanol–water partition coefficient (Wildman–Crippen LogP) is 3.42. The van der Waals surface area contributed by atoms with Gasteiger partial charge in [0.25, 0.3) is 0 Å². The Morgan fingerprint density at radius 2 is 1.89 bits per heavy atom. The van der Waals surface area contributed by atoms with Crippen LogP contribution in [-0.4, -0.2) is 69.8 Å². The number of β-amino-alcohol motifs (C(OH)–C–C–N with tert-alkyl or cyclic N) is 1. The third-order valence-corrected chi connectivity index (χ3v) is 8.05. The molecule has 1 aromatic heterocycles. The first-order valence-corrected chi connectivity index (χ1v) is 12.7. The van der Waals surface area contributed by atoms with Crippen molar-refractivity contribution in [3.05, 3.63) is 58.4 Å². The van der Waals surface area contributed by atoms with Gasteiger partial charge in [0.05, 0.1) is 17.7 Å². The number of aliphatic hydroxyl groups excluding tert-OH is 1. The monoisotopic (exact) mass is 547 g/mol. The summed E-state index contributed by atoms with van der Waals surface area (Å²) in [6, 6.07) is 9.40. The predicted molar refractivity (Wildman–Crippen MR) is 134 cm³/mol. The van der Waals surface area contributed by atoms with Gasteiger partial charge in [0.2, 0.25) is 11.7 Å². The summed E-state index contributed by atoms with van der Waals surface area (Å²) in [5, 5.41) is 11.9. The summed E-state index contributed by atoms with van der Waals surface area (Å²) in [4.78, 5) is 23.0. The van der Waals surface area contributed by atoms with Crippen LogP contribution in [0, 0.1) is 0 Å². The molecule has 4 heterocycles. The SMILES string of the molecule is NC(=O)c1ccc2nc(C(F)(F)F)nc(N3CC(N4CCC5(CC4)Cc4cc(Cl)ccc4O5)[C@H](O)C3)c2c1. The number of piperidine rings is 1. The lowest BCUT2D eigenvalue weighted by Gasteiger charge is -2.41. The van der Waals surface area contributed by atoms with Gasteiger partial charge in [0.15, 0.2) is 0 Å². The summed E-state index contributed by atoms with van der Waals surface area (Å²) in [6.07, 6.45) is -3.29. The van der Waals surface area contributed by atoms with Crippen molar-refractivity contribution in [3.63, 3.8) is 0 Å². The van der Waals surface area contributed by atoms with E-state index in [2.05, 4.69) is 14.9 Å². The van der Waals surface area contributed by atoms with E-state index in [9.17, 15) is 23.1 Å². The van der Waals surface area contributed by atoms with Crippen molar-refractivity contribution in [1.29, 1.82) is 0 Å². The highest BCUT2D eigenvalue weighted by Gasteiger charge is 2.46. The van der Waals surface area contributed by atoms with Gasteiger partial charge < -0.3 is 20.5 Å². The molecule has 3 N–H and O–H groups in total. The number of halogens is 4. The van der Waals surface area contributed by atoms with Crippen molar-refractivity contribution < 1.29 is 27.8 Å². The number of nitrogens with zero attached hydrogens (tertiary/aromatic N) is 4. The normalized spacial score (nSPS) is 23.1. The van der Waals surface area contributed by atoms with Crippen molar-refractivity contribution in [3.8, 4) is 5.75 Å². The summed E-state index contributed by atoms with van der Waals surface area (Å²) < 4.78 is 47.1. The van der Waals surface area contributed by atoms with Gasteiger partial charge in [-0.15, -0.1) is 0 Å². The number of carbonyl (C=O) groups excluding carboxylic acids is 1. The Bertz CT molecular complexity index is 1430. The summed E-state index contributed by atoms with van der Waals surface area (Å²) in [7, 11) is 0. The number of likely N-dealkylation sites (tertiary alicyclic amines) is 1. The number of nitrogens with two attached hydrogens (primary N) is 1. The molecule has 2 fully saturated rings. The van der Waals surface area contributed by atoms with Crippen LogP contribution < -0.4 is 15.4 Å². The molecule has 2 atom stereocenters. The Labute approximate surface area is 221 Å². The second-order valence-electron chi connectivity index (χ2n) is 10.3. The van der Waals surface area contributed by atoms with Gasteiger partial charge in [-0.25, -0.2) is 9.97 Å². The number of fused-ring (bicyclic) bond motifs is 2. The molecule has 2 saturated heterocycles. The highest BCUT2D eigenvalue weighted by atomic mass is 35.5. The fourth-order valence-corrected chi connectivity index (χ4v) is 6.07. The molecule has 2 aromatic carbocycles. The lowest BCUT2D eigenvalue weighted by atomic mass is 9.86. The molecule has 3 aliphatic heterocycles. The number of hydrogen-bond acceptors (Lipinski definition) is 7. The van der Waals surface area contributed by atoms with Crippen molar-refractivity contribution in [2.45, 2.75) is 43.2 Å². The van der Waals surface area contributed by atoms with Crippen molar-refractivity contribution in [2.75, 3.05) is 31.1 Å². The number of primary amides is 1. The summed E-state index contributed by atoms with van der Waals surface area (Å²) in [6.45, 7) is 1.70. The fraction of sp³-hybridized carbons (Fsp3) is 0.423. The molecule has 0 saturated carbocycles. The summed E-state index contributed by atoms with van der Waals surface area (Å²) in [5.41, 5.74) is 6.35. The van der Waals surface area contributed by atoms with E-state index in [0.717, 1.165) is 30.6 Å². The van der Waals surface area contributed by atoms with Gasteiger partial charge in [-0.2, -0.15) is 13.2 Å². The molecule has 8 nitrogen and oxygen atoms in total. The second kappa shape index (κ2) is 8.96. The smallest absolute Gasteiger partial charge is 0.451 e. The van der Waals surface area contributed by atoms with Gasteiger partial charge in [0, 0.05) is 61.4 Å². The highest BCUT2D eigenvalue weighted by Crippen LogP contribution is 2.43. The van der Waals surface area contributed by atoms with Gasteiger partial charge in [-0.1, -0.05) is 11.6 Å². The van der Waals surface area contributed by atoms with E-state index < -0.39 is 24.0 Å². The molecule has 1 unspecified atom stereocenters. The van der Waals surface area contributed by atoms with Gasteiger partial charge in [0.1, 0.15) is 17.2 Å². The van der Waals surface area contributed by atoms with Crippen LogP contribution in [0.2, 0.25) is 5.02 Å². The number of benzene rings is 2. The van der Waals surface area contributed by atoms with E-state index in [1.54, 1.807) is 4.90 Å². The summed E-state index contributed by atoms with van der Waals surface area (Å²) >= 11 is 6.14. The number of hydrogen-bond donors (Lipinski definition) is 2. The zero-order chi connectivity index (χ0) is 26.8. The van der Waals surface area contributed by atoms with Crippen molar-refractivity contribution >= 4 is 34.2 Å². The Morgan fingerprint density at radius 3 is 2.61 bits per heavy atom. The van der Waals surface area contributed by atoms with Crippen LogP contribution in [0.1, 0.15) is 34.6 Å². The molecule has 38 heavy (non-hydrogen) atoms. The summed E-state index contributed by atoms with van der Waals surface area (Å²) in [5.74, 6) is -1.12. The van der Waals surface area contributed by atoms with Crippen LogP contribution in [0.15, 0.2) is 36.4 Å². The molecule has 0 radical (unpaired) electrons. The lowest BCUT2D eigenvalue weighted by Crippen LogP contribution is -2.53. The zero-order valence-electron chi connectivity index (χ0n) is 20.2. The number of ether oxygens (including phenoxy) is 1. The standard InChI is InChI=1S/C26H25ClF3N5O3/c27-16-2-4-21-15(9-16)11-25(38-21)5-7-34(8-6-25)19-12-35(13-20(19)36)23-17-10-14(22(31)37)1-3-18(17)32-24(33-23)26(28,29)30/h1-4,9-10,19-20,36H,5-8,11-13H2,(H2,31,37)/t19?,20-/m1/s1. The maximum atomic E-state index is 13.6. The average Bonchev–Trinajstić information content (AvgIpc) is 3.42. The average molecular weight is 548 g/mol. The topological polar surface area (TPSA) is 105 Å². The quantitative estimate of drug-likeness (QED) is 0.518. The number of aliphatic hydroxyl groups is 1. The number of alkyl halides is 3. The number of rotatable bonds is 3. The number of amides is 1. The molecule has 0 aliphatic carbocycles. The maximum absolute atomic E-state index is 13.6. The molecule has 3 aromatic rings. The molecule has 200 valence electrons. The van der Waals surface area contributed by atoms with Crippen molar-refractivity contribution in [2.24, 2.45) is 5.73 Å². The van der Waals surface area contributed by atoms with E-state index in [-0.39, 0.29) is 47.0 Å². The van der Waals surface area contributed by atoms with E-state index in [1.807, 2.05) is 18.2 Å². The Hall–Kier alpha value is -3.15. The van der Waals surface area contributed by atoms with Gasteiger partial charge >= 0.3 is 6.18 Å². The van der Waals surface area contributed by atoms with Crippen LogP contribution in [0.5, 0.6) is 5.75 Å². The Morgan fingerprint density at radius 1 is 1.13 bits per heavy atom. The number of anilines is 1. The Balaban J connectivity index is 1.23. The third kappa shape index (κ3) is 4.42. The maximum Gasteiger partial charge on any atom is 0.451 e. The molecule has 1 amide bonds. The Kier molecular flexibility index (Phi) is 5.93. The number of aromatic nitrogens is 2.